The third-order valence-electron chi connectivity index (χ3n) is 5.12. The Hall–Kier alpha value is -2.05. The number of hydrogen-bond donors (Lipinski definition) is 1. The Labute approximate surface area is 147 Å². The molecule has 0 bridgehead atoms. The number of rotatable bonds is 5. The van der Waals surface area contributed by atoms with Crippen molar-refractivity contribution in [1.82, 2.24) is 19.1 Å². The number of aryl methyl sites for hydroxylation is 2. The first-order chi connectivity index (χ1) is 11.9. The van der Waals surface area contributed by atoms with Crippen LogP contribution in [-0.4, -0.2) is 32.2 Å². The summed E-state index contributed by atoms with van der Waals surface area (Å²) in [5.74, 6) is 2.01. The predicted octanol–water partition coefficient (Wildman–Crippen LogP) is 2.10. The van der Waals surface area contributed by atoms with E-state index in [2.05, 4.69) is 30.7 Å². The van der Waals surface area contributed by atoms with Crippen LogP contribution in [0.2, 0.25) is 0 Å². The predicted molar refractivity (Wildman–Crippen MR) is 100 cm³/mol. The topological polar surface area (TPSA) is 75.9 Å². The monoisotopic (exact) mass is 347 g/mol. The van der Waals surface area contributed by atoms with Gasteiger partial charge in [-0.15, -0.1) is 0 Å². The molecule has 25 heavy (non-hydrogen) atoms. The minimum absolute atomic E-state index is 0.341. The minimum atomic E-state index is -0.414. The second-order valence-corrected chi connectivity index (χ2v) is 7.61. The molecule has 7 nitrogen and oxygen atoms in total. The van der Waals surface area contributed by atoms with Crippen molar-refractivity contribution in [2.75, 3.05) is 18.0 Å². The lowest BCUT2D eigenvalue weighted by molar-refractivity contribution is 0.351. The van der Waals surface area contributed by atoms with Crippen molar-refractivity contribution in [3.63, 3.8) is 0 Å². The van der Waals surface area contributed by atoms with E-state index >= 15 is 0 Å². The molecule has 1 saturated heterocycles. The first-order valence-corrected chi connectivity index (χ1v) is 9.36. The standard InChI is InChI=1S/C18H29N5O2/c1-5-6-7-8-23-14-15(21(4)18(25)20-16(14)24)19-17(23)22-10-12(2)9-13(3)11-22/h12-13H,5-11H2,1-4H3,(H,20,24,25)/t12-,13+. The second-order valence-electron chi connectivity index (χ2n) is 7.61. The van der Waals surface area contributed by atoms with Crippen molar-refractivity contribution in [2.24, 2.45) is 18.9 Å². The fourth-order valence-corrected chi connectivity index (χ4v) is 4.02. The number of fused-ring (bicyclic) bond motifs is 1. The summed E-state index contributed by atoms with van der Waals surface area (Å²) in [7, 11) is 1.66. The van der Waals surface area contributed by atoms with Crippen LogP contribution in [0.4, 0.5) is 5.95 Å². The highest BCUT2D eigenvalue weighted by Crippen LogP contribution is 2.28. The average Bonchev–Trinajstić information content (AvgIpc) is 2.92. The lowest BCUT2D eigenvalue weighted by Gasteiger charge is -2.35. The summed E-state index contributed by atoms with van der Waals surface area (Å²) in [6.45, 7) is 9.31. The summed E-state index contributed by atoms with van der Waals surface area (Å²) in [5.41, 5.74) is 0.235. The molecule has 0 radical (unpaired) electrons. The number of aromatic amines is 1. The molecule has 2 aromatic heterocycles. The van der Waals surface area contributed by atoms with E-state index in [1.165, 1.54) is 11.0 Å². The molecule has 1 N–H and O–H groups in total. The van der Waals surface area contributed by atoms with E-state index < -0.39 is 5.69 Å². The molecule has 3 rings (SSSR count). The van der Waals surface area contributed by atoms with Gasteiger partial charge in [-0.25, -0.2) is 4.79 Å². The van der Waals surface area contributed by atoms with E-state index in [1.807, 2.05) is 4.57 Å². The lowest BCUT2D eigenvalue weighted by Crippen LogP contribution is -2.40. The van der Waals surface area contributed by atoms with Crippen LogP contribution in [-0.2, 0) is 13.6 Å². The van der Waals surface area contributed by atoms with Crippen LogP contribution in [0.15, 0.2) is 9.59 Å². The molecular formula is C18H29N5O2. The van der Waals surface area contributed by atoms with Crippen molar-refractivity contribution >= 4 is 17.1 Å². The number of imidazole rings is 1. The fraction of sp³-hybridized carbons (Fsp3) is 0.722. The van der Waals surface area contributed by atoms with Gasteiger partial charge in [-0.3, -0.25) is 14.3 Å². The molecule has 0 saturated carbocycles. The molecule has 1 fully saturated rings. The summed E-state index contributed by atoms with van der Waals surface area (Å²) >= 11 is 0. The highest BCUT2D eigenvalue weighted by molar-refractivity contribution is 5.74. The Bertz CT molecular complexity index is 853. The Balaban J connectivity index is 2.14. The zero-order valence-corrected chi connectivity index (χ0v) is 15.7. The number of hydrogen-bond acceptors (Lipinski definition) is 4. The number of nitrogens with zero attached hydrogens (tertiary/aromatic N) is 4. The molecule has 3 heterocycles. The maximum Gasteiger partial charge on any atom is 0.329 e. The van der Waals surface area contributed by atoms with Gasteiger partial charge in [0.05, 0.1) is 0 Å². The molecule has 7 heteroatoms. The Kier molecular flexibility index (Phi) is 5.01. The molecule has 138 valence electrons. The normalized spacial score (nSPS) is 21.2. The number of piperidine rings is 1. The van der Waals surface area contributed by atoms with Crippen molar-refractivity contribution < 1.29 is 0 Å². The molecule has 2 atom stereocenters. The van der Waals surface area contributed by atoms with Crippen LogP contribution >= 0.6 is 0 Å². The van der Waals surface area contributed by atoms with Gasteiger partial charge in [0.25, 0.3) is 5.56 Å². The van der Waals surface area contributed by atoms with Crippen molar-refractivity contribution in [2.45, 2.75) is 53.0 Å². The average molecular weight is 347 g/mol. The van der Waals surface area contributed by atoms with Crippen LogP contribution in [0.3, 0.4) is 0 Å². The Morgan fingerprint density at radius 1 is 1.16 bits per heavy atom. The van der Waals surface area contributed by atoms with Crippen LogP contribution in [0.5, 0.6) is 0 Å². The Morgan fingerprint density at radius 2 is 1.84 bits per heavy atom. The number of unbranched alkanes of at least 4 members (excludes halogenated alkanes) is 2. The van der Waals surface area contributed by atoms with Crippen LogP contribution in [0.25, 0.3) is 11.2 Å². The summed E-state index contributed by atoms with van der Waals surface area (Å²) in [4.78, 5) is 33.9. The third-order valence-corrected chi connectivity index (χ3v) is 5.12. The van der Waals surface area contributed by atoms with Gasteiger partial charge < -0.3 is 9.47 Å². The van der Waals surface area contributed by atoms with E-state index in [-0.39, 0.29) is 5.56 Å². The zero-order valence-electron chi connectivity index (χ0n) is 15.7. The van der Waals surface area contributed by atoms with Gasteiger partial charge in [0.2, 0.25) is 5.95 Å². The number of aromatic nitrogens is 4. The summed E-state index contributed by atoms with van der Waals surface area (Å²) in [6.07, 6.45) is 4.44. The van der Waals surface area contributed by atoms with E-state index in [4.69, 9.17) is 4.98 Å². The Morgan fingerprint density at radius 3 is 2.48 bits per heavy atom. The molecular weight excluding hydrogens is 318 g/mol. The first kappa shape index (κ1) is 17.8. The first-order valence-electron chi connectivity index (χ1n) is 9.36. The molecule has 1 aliphatic rings. The summed E-state index contributed by atoms with van der Waals surface area (Å²) in [6, 6.07) is 0. The molecule has 0 spiro atoms. The quantitative estimate of drug-likeness (QED) is 0.841. The zero-order chi connectivity index (χ0) is 18.1. The van der Waals surface area contributed by atoms with E-state index in [0.717, 1.165) is 44.8 Å². The molecule has 1 aliphatic heterocycles. The maximum atomic E-state index is 12.5. The maximum absolute atomic E-state index is 12.5. The largest absolute Gasteiger partial charge is 0.342 e. The molecule has 0 amide bonds. The minimum Gasteiger partial charge on any atom is -0.342 e. The van der Waals surface area contributed by atoms with Gasteiger partial charge in [0, 0.05) is 26.7 Å². The van der Waals surface area contributed by atoms with Gasteiger partial charge >= 0.3 is 5.69 Å². The number of anilines is 1. The molecule has 2 aromatic rings. The molecule has 0 unspecified atom stereocenters. The van der Waals surface area contributed by atoms with Crippen molar-refractivity contribution in [3.05, 3.63) is 20.8 Å². The van der Waals surface area contributed by atoms with E-state index in [1.54, 1.807) is 7.05 Å². The summed E-state index contributed by atoms with van der Waals surface area (Å²) in [5, 5.41) is 0. The van der Waals surface area contributed by atoms with E-state index in [0.29, 0.717) is 23.0 Å². The summed E-state index contributed by atoms with van der Waals surface area (Å²) < 4.78 is 3.46. The highest BCUT2D eigenvalue weighted by atomic mass is 16.2. The second kappa shape index (κ2) is 7.06. The fourth-order valence-electron chi connectivity index (χ4n) is 4.02. The van der Waals surface area contributed by atoms with Gasteiger partial charge in [-0.05, 0) is 24.7 Å². The van der Waals surface area contributed by atoms with Crippen molar-refractivity contribution in [1.29, 1.82) is 0 Å². The lowest BCUT2D eigenvalue weighted by atomic mass is 9.92. The van der Waals surface area contributed by atoms with Crippen molar-refractivity contribution in [3.8, 4) is 0 Å². The van der Waals surface area contributed by atoms with Crippen LogP contribution in [0, 0.1) is 11.8 Å². The number of H-pyrrole nitrogens is 1. The smallest absolute Gasteiger partial charge is 0.329 e. The van der Waals surface area contributed by atoms with Gasteiger partial charge in [0.1, 0.15) is 0 Å². The van der Waals surface area contributed by atoms with E-state index in [9.17, 15) is 9.59 Å². The van der Waals surface area contributed by atoms with Gasteiger partial charge in [0.15, 0.2) is 11.2 Å². The third kappa shape index (κ3) is 3.37. The van der Waals surface area contributed by atoms with Gasteiger partial charge in [-0.2, -0.15) is 4.98 Å². The van der Waals surface area contributed by atoms with Crippen LogP contribution < -0.4 is 16.1 Å². The van der Waals surface area contributed by atoms with Crippen LogP contribution in [0.1, 0.15) is 46.5 Å². The molecule has 0 aliphatic carbocycles. The molecule has 0 aromatic carbocycles. The highest BCUT2D eigenvalue weighted by Gasteiger charge is 2.27. The number of nitrogens with one attached hydrogen (secondary N) is 1. The SMILES string of the molecule is CCCCCn1c(N2C[C@H](C)C[C@H](C)C2)nc2c1c(=O)[nH]c(=O)n2C. The van der Waals surface area contributed by atoms with Gasteiger partial charge in [-0.1, -0.05) is 33.6 Å².